The maximum atomic E-state index is 12.8. The van der Waals surface area contributed by atoms with Gasteiger partial charge < -0.3 is 19.9 Å². The second-order valence-corrected chi connectivity index (χ2v) is 13.3. The number of aromatic nitrogens is 3. The van der Waals surface area contributed by atoms with E-state index >= 15 is 0 Å². The number of thiophene rings is 1. The number of alkyl halides is 3. The molecule has 4 heterocycles. The van der Waals surface area contributed by atoms with Crippen molar-refractivity contribution in [1.82, 2.24) is 19.4 Å². The number of methoxy groups -OCH3 is 1. The van der Waals surface area contributed by atoms with E-state index < -0.39 is 12.6 Å². The fraction of sp³-hybridized carbons (Fsp3) is 0.368. The van der Waals surface area contributed by atoms with Crippen LogP contribution in [-0.2, 0) is 29.0 Å². The number of piperidine rings is 1. The topological polar surface area (TPSA) is 108 Å². The minimum Gasteiger partial charge on any atom is -0.388 e. The molecule has 0 saturated carbocycles. The normalized spacial score (nSPS) is 13.5. The Kier molecular flexibility index (Phi) is 14.1. The smallest absolute Gasteiger partial charge is 0.388 e. The molecule has 13 heteroatoms. The first-order valence-corrected chi connectivity index (χ1v) is 17.4. The summed E-state index contributed by atoms with van der Waals surface area (Å²) in [7, 11) is 3.58. The van der Waals surface area contributed by atoms with Crippen LogP contribution in [0.25, 0.3) is 21.1 Å². The predicted molar refractivity (Wildman–Crippen MR) is 199 cm³/mol. The van der Waals surface area contributed by atoms with E-state index in [1.54, 1.807) is 13.2 Å². The average molecular weight is 720 g/mol. The number of nitriles is 1. The number of aryl methyl sites for hydroxylation is 2. The first-order valence-electron chi connectivity index (χ1n) is 16.6. The largest absolute Gasteiger partial charge is 0.393 e. The fourth-order valence-electron chi connectivity index (χ4n) is 5.90. The number of aldehydes is 1. The Balaban J connectivity index is 0.000000379. The van der Waals surface area contributed by atoms with Gasteiger partial charge in [0.15, 0.2) is 0 Å². The van der Waals surface area contributed by atoms with Crippen molar-refractivity contribution in [2.24, 2.45) is 0 Å². The van der Waals surface area contributed by atoms with Gasteiger partial charge in [0.1, 0.15) is 35.0 Å². The van der Waals surface area contributed by atoms with E-state index in [2.05, 4.69) is 88.4 Å². The number of carbonyl (C=O) groups is 1. The van der Waals surface area contributed by atoms with Crippen LogP contribution in [-0.4, -0.2) is 71.8 Å². The Morgan fingerprint density at radius 1 is 1.10 bits per heavy atom. The molecule has 1 aliphatic rings. The predicted octanol–water partition coefficient (Wildman–Crippen LogP) is 8.06. The van der Waals surface area contributed by atoms with Crippen LogP contribution in [0.15, 0.2) is 67.5 Å². The standard InChI is InChI=1S/C27H29F3N6OS.C8H11N.C3H4O/c1-17-18(3-4-24-22(17)11-20(14-31)36(24)9-10-37-2)15-35-7-5-19(6-8-35)34-25-23-12-21(13-27(28,29)30)38-26(23)33-16-32-25;1-7-3-5-8(9-2)6-4-7;1-2-3-4/h3-4,11-12,16,19H,5-10,13,15H2,1-2H3,(H,32,33,34);3-6,9H,1-2H3;2-3H,1H2. The van der Waals surface area contributed by atoms with Crippen molar-refractivity contribution in [2.45, 2.75) is 58.4 Å². The number of halogens is 3. The molecule has 1 aliphatic heterocycles. The van der Waals surface area contributed by atoms with Gasteiger partial charge in [0.05, 0.1) is 18.4 Å². The van der Waals surface area contributed by atoms with Gasteiger partial charge >= 0.3 is 6.18 Å². The Morgan fingerprint density at radius 3 is 2.41 bits per heavy atom. The summed E-state index contributed by atoms with van der Waals surface area (Å²) in [5, 5.41) is 17.9. The minimum absolute atomic E-state index is 0.187. The third-order valence-corrected chi connectivity index (χ3v) is 9.66. The number of likely N-dealkylation sites (tertiary alicyclic amines) is 1. The molecule has 51 heavy (non-hydrogen) atoms. The quantitative estimate of drug-likeness (QED) is 0.110. The number of nitrogens with zero attached hydrogens (tertiary/aromatic N) is 5. The van der Waals surface area contributed by atoms with Crippen molar-refractivity contribution >= 4 is 50.2 Å². The molecule has 0 aliphatic carbocycles. The van der Waals surface area contributed by atoms with E-state index in [1.807, 2.05) is 17.7 Å². The van der Waals surface area contributed by atoms with Crippen LogP contribution in [0.4, 0.5) is 24.7 Å². The molecule has 2 aromatic carbocycles. The summed E-state index contributed by atoms with van der Waals surface area (Å²) in [6.07, 6.45) is -0.153. The number of fused-ring (bicyclic) bond motifs is 2. The number of ether oxygens (including phenoxy) is 1. The molecule has 270 valence electrons. The molecule has 6 rings (SSSR count). The van der Waals surface area contributed by atoms with Crippen LogP contribution in [0.5, 0.6) is 0 Å². The summed E-state index contributed by atoms with van der Waals surface area (Å²) in [5.74, 6) is 0.603. The van der Waals surface area contributed by atoms with Gasteiger partial charge in [-0.25, -0.2) is 9.97 Å². The third-order valence-electron chi connectivity index (χ3n) is 8.61. The molecule has 5 aromatic rings. The zero-order valence-corrected chi connectivity index (χ0v) is 30.2. The van der Waals surface area contributed by atoms with Crippen LogP contribution in [0.3, 0.4) is 0 Å². The van der Waals surface area contributed by atoms with Crippen molar-refractivity contribution in [3.05, 3.63) is 94.8 Å². The summed E-state index contributed by atoms with van der Waals surface area (Å²) >= 11 is 1.07. The van der Waals surface area contributed by atoms with Gasteiger partial charge in [-0.15, -0.1) is 11.3 Å². The number of allylic oxidation sites excluding steroid dienone is 1. The molecular weight excluding hydrogens is 676 g/mol. The summed E-state index contributed by atoms with van der Waals surface area (Å²) < 4.78 is 45.8. The zero-order valence-electron chi connectivity index (χ0n) is 29.4. The maximum absolute atomic E-state index is 12.8. The lowest BCUT2D eigenvalue weighted by Crippen LogP contribution is -2.39. The molecular formula is C38H44F3N7O2S. The highest BCUT2D eigenvalue weighted by Crippen LogP contribution is 2.33. The van der Waals surface area contributed by atoms with Crippen LogP contribution >= 0.6 is 11.3 Å². The lowest BCUT2D eigenvalue weighted by Gasteiger charge is -2.33. The average Bonchev–Trinajstić information content (AvgIpc) is 3.70. The number of anilines is 2. The number of carbonyl (C=O) groups excluding carboxylic acids is 1. The van der Waals surface area contributed by atoms with Crippen LogP contribution in [0, 0.1) is 25.2 Å². The molecule has 3 aromatic heterocycles. The lowest BCUT2D eigenvalue weighted by atomic mass is 10.0. The maximum Gasteiger partial charge on any atom is 0.393 e. The second kappa shape index (κ2) is 18.5. The number of hydrogen-bond acceptors (Lipinski definition) is 9. The molecule has 0 atom stereocenters. The van der Waals surface area contributed by atoms with E-state index in [0.717, 1.165) is 54.7 Å². The van der Waals surface area contributed by atoms with E-state index in [1.165, 1.54) is 34.8 Å². The molecule has 0 bridgehead atoms. The molecule has 1 fully saturated rings. The Bertz CT molecular complexity index is 1930. The Morgan fingerprint density at radius 2 is 1.80 bits per heavy atom. The summed E-state index contributed by atoms with van der Waals surface area (Å²) in [4.78, 5) is 20.8. The van der Waals surface area contributed by atoms with Gasteiger partial charge in [0.25, 0.3) is 0 Å². The van der Waals surface area contributed by atoms with E-state index in [9.17, 15) is 18.4 Å². The van der Waals surface area contributed by atoms with Crippen molar-refractivity contribution in [3.8, 4) is 6.07 Å². The fourth-order valence-corrected chi connectivity index (χ4v) is 6.93. The van der Waals surface area contributed by atoms with Crippen LogP contribution in [0.2, 0.25) is 0 Å². The van der Waals surface area contributed by atoms with Crippen molar-refractivity contribution in [2.75, 3.05) is 44.5 Å². The lowest BCUT2D eigenvalue weighted by molar-refractivity contribution is -0.126. The highest BCUT2D eigenvalue weighted by molar-refractivity contribution is 7.18. The van der Waals surface area contributed by atoms with E-state index in [-0.39, 0.29) is 10.9 Å². The molecule has 1 saturated heterocycles. The van der Waals surface area contributed by atoms with E-state index in [4.69, 9.17) is 9.53 Å². The third kappa shape index (κ3) is 10.9. The highest BCUT2D eigenvalue weighted by Gasteiger charge is 2.29. The van der Waals surface area contributed by atoms with Gasteiger partial charge in [-0.05, 0) is 74.2 Å². The summed E-state index contributed by atoms with van der Waals surface area (Å²) in [5.41, 5.74) is 6.58. The number of benzene rings is 2. The van der Waals surface area contributed by atoms with Gasteiger partial charge in [-0.3, -0.25) is 9.69 Å². The Hall–Kier alpha value is -4.77. The zero-order chi connectivity index (χ0) is 37.0. The summed E-state index contributed by atoms with van der Waals surface area (Å²) in [6.45, 7) is 11.1. The van der Waals surface area contributed by atoms with E-state index in [0.29, 0.717) is 41.2 Å². The van der Waals surface area contributed by atoms with Crippen molar-refractivity contribution in [1.29, 1.82) is 5.26 Å². The highest BCUT2D eigenvalue weighted by atomic mass is 32.1. The van der Waals surface area contributed by atoms with Gasteiger partial charge in [0, 0.05) is 67.8 Å². The van der Waals surface area contributed by atoms with Gasteiger partial charge in [-0.2, -0.15) is 18.4 Å². The molecule has 2 N–H and O–H groups in total. The van der Waals surface area contributed by atoms with Crippen molar-refractivity contribution < 1.29 is 22.7 Å². The second-order valence-electron chi connectivity index (χ2n) is 12.2. The molecule has 0 amide bonds. The minimum atomic E-state index is -4.25. The number of hydrogen-bond donors (Lipinski definition) is 2. The number of rotatable bonds is 10. The molecule has 9 nitrogen and oxygen atoms in total. The SMILES string of the molecule is C=CC=O.CNc1ccc(C)cc1.COCCn1c(C#N)cc2c(C)c(CN3CCC(Nc4ncnc5sc(CC(F)(F)F)cc45)CC3)ccc21. The monoisotopic (exact) mass is 719 g/mol. The van der Waals surface area contributed by atoms with Crippen molar-refractivity contribution in [3.63, 3.8) is 0 Å². The van der Waals surface area contributed by atoms with Gasteiger partial charge in [0.2, 0.25) is 0 Å². The first-order chi connectivity index (χ1) is 24.5. The number of nitrogens with one attached hydrogen (secondary N) is 2. The summed E-state index contributed by atoms with van der Waals surface area (Å²) in [6, 6.07) is 18.6. The van der Waals surface area contributed by atoms with Crippen LogP contribution in [0.1, 0.15) is 40.1 Å². The van der Waals surface area contributed by atoms with Crippen LogP contribution < -0.4 is 10.6 Å². The Labute approximate surface area is 300 Å². The molecule has 0 spiro atoms. The molecule has 0 radical (unpaired) electrons. The first kappa shape index (κ1) is 39.0. The van der Waals surface area contributed by atoms with Gasteiger partial charge in [-0.1, -0.05) is 30.3 Å². The molecule has 0 unspecified atom stereocenters.